The largest absolute Gasteiger partial charge is 0.469 e. The highest BCUT2D eigenvalue weighted by atomic mass is 16.5. The Morgan fingerprint density at radius 2 is 2.05 bits per heavy atom. The number of carbonyl (C=O) groups excluding carboxylic acids is 1. The first-order valence-electron chi connectivity index (χ1n) is 8.06. The molecule has 0 spiro atoms. The zero-order valence-corrected chi connectivity index (χ0v) is 14.1. The van der Waals surface area contributed by atoms with Crippen LogP contribution in [0.1, 0.15) is 39.9 Å². The van der Waals surface area contributed by atoms with Gasteiger partial charge in [-0.05, 0) is 39.8 Å². The van der Waals surface area contributed by atoms with Crippen molar-refractivity contribution in [3.05, 3.63) is 24.2 Å². The molecule has 1 amide bonds. The predicted octanol–water partition coefficient (Wildman–Crippen LogP) is 2.22. The minimum atomic E-state index is -0.0767. The van der Waals surface area contributed by atoms with Crippen LogP contribution in [0.3, 0.4) is 0 Å². The SMILES string of the molecule is C[C@@H]1CN(C(C)(C)CNC(=O)CCc2ccco2)C[C@H](C)O1. The van der Waals surface area contributed by atoms with Gasteiger partial charge in [0, 0.05) is 38.0 Å². The maximum Gasteiger partial charge on any atom is 0.220 e. The molecule has 1 aromatic rings. The van der Waals surface area contributed by atoms with Crippen LogP contribution in [-0.2, 0) is 16.0 Å². The first kappa shape index (κ1) is 17.0. The maximum absolute atomic E-state index is 12.0. The second kappa shape index (κ2) is 7.29. The molecular formula is C17H28N2O3. The standard InChI is InChI=1S/C17H28N2O3/c1-13-10-19(11-14(2)22-13)17(3,4)12-18-16(20)8-7-15-6-5-9-21-15/h5-6,9,13-14H,7-8,10-12H2,1-4H3,(H,18,20)/t13-,14+. The molecule has 1 aromatic heterocycles. The summed E-state index contributed by atoms with van der Waals surface area (Å²) in [7, 11) is 0. The summed E-state index contributed by atoms with van der Waals surface area (Å²) in [6.07, 6.45) is 3.21. The number of rotatable bonds is 6. The summed E-state index contributed by atoms with van der Waals surface area (Å²) < 4.78 is 11.0. The van der Waals surface area contributed by atoms with E-state index in [4.69, 9.17) is 9.15 Å². The number of aryl methyl sites for hydroxylation is 1. The Morgan fingerprint density at radius 3 is 2.64 bits per heavy atom. The zero-order valence-electron chi connectivity index (χ0n) is 14.1. The molecule has 0 aliphatic carbocycles. The molecule has 2 rings (SSSR count). The molecule has 0 bridgehead atoms. The molecular weight excluding hydrogens is 280 g/mol. The Morgan fingerprint density at radius 1 is 1.36 bits per heavy atom. The van der Waals surface area contributed by atoms with E-state index in [-0.39, 0.29) is 23.7 Å². The Balaban J connectivity index is 1.77. The molecule has 2 heterocycles. The summed E-state index contributed by atoms with van der Waals surface area (Å²) in [5, 5.41) is 3.05. The number of nitrogens with one attached hydrogen (secondary N) is 1. The van der Waals surface area contributed by atoms with Crippen molar-refractivity contribution in [1.29, 1.82) is 0 Å². The molecule has 1 aliphatic rings. The van der Waals surface area contributed by atoms with Gasteiger partial charge in [0.1, 0.15) is 5.76 Å². The van der Waals surface area contributed by atoms with Gasteiger partial charge in [0.15, 0.2) is 0 Å². The van der Waals surface area contributed by atoms with Gasteiger partial charge in [-0.2, -0.15) is 0 Å². The molecule has 5 nitrogen and oxygen atoms in total. The molecule has 22 heavy (non-hydrogen) atoms. The summed E-state index contributed by atoms with van der Waals surface area (Å²) in [6.45, 7) is 11.0. The lowest BCUT2D eigenvalue weighted by Crippen LogP contribution is -2.58. The van der Waals surface area contributed by atoms with Crippen LogP contribution in [0.5, 0.6) is 0 Å². The molecule has 124 valence electrons. The highest BCUT2D eigenvalue weighted by Crippen LogP contribution is 2.20. The van der Waals surface area contributed by atoms with Gasteiger partial charge in [-0.25, -0.2) is 0 Å². The van der Waals surface area contributed by atoms with Crippen LogP contribution in [0.15, 0.2) is 22.8 Å². The van der Waals surface area contributed by atoms with Crippen molar-refractivity contribution in [3.63, 3.8) is 0 Å². The van der Waals surface area contributed by atoms with Gasteiger partial charge in [-0.1, -0.05) is 0 Å². The van der Waals surface area contributed by atoms with Gasteiger partial charge in [0.2, 0.25) is 5.91 Å². The Kier molecular flexibility index (Phi) is 5.64. The van der Waals surface area contributed by atoms with Crippen molar-refractivity contribution < 1.29 is 13.9 Å². The number of amides is 1. The number of hydrogen-bond acceptors (Lipinski definition) is 4. The fourth-order valence-electron chi connectivity index (χ4n) is 2.88. The molecule has 2 atom stereocenters. The third kappa shape index (κ3) is 4.85. The lowest BCUT2D eigenvalue weighted by atomic mass is 10.00. The monoisotopic (exact) mass is 308 g/mol. The highest BCUT2D eigenvalue weighted by Gasteiger charge is 2.33. The molecule has 1 N–H and O–H groups in total. The van der Waals surface area contributed by atoms with Crippen molar-refractivity contribution in [2.75, 3.05) is 19.6 Å². The van der Waals surface area contributed by atoms with Crippen molar-refractivity contribution in [3.8, 4) is 0 Å². The Hall–Kier alpha value is -1.33. The summed E-state index contributed by atoms with van der Waals surface area (Å²) in [5.74, 6) is 0.920. The number of hydrogen-bond donors (Lipinski definition) is 1. The molecule has 5 heteroatoms. The number of morpholine rings is 1. The molecule has 0 unspecified atom stereocenters. The van der Waals surface area contributed by atoms with Gasteiger partial charge in [0.25, 0.3) is 0 Å². The zero-order chi connectivity index (χ0) is 16.2. The minimum Gasteiger partial charge on any atom is -0.469 e. The van der Waals surface area contributed by atoms with E-state index in [1.807, 2.05) is 12.1 Å². The quantitative estimate of drug-likeness (QED) is 0.875. The van der Waals surface area contributed by atoms with Crippen molar-refractivity contribution in [1.82, 2.24) is 10.2 Å². The van der Waals surface area contributed by atoms with Crippen LogP contribution < -0.4 is 5.32 Å². The van der Waals surface area contributed by atoms with E-state index in [1.54, 1.807) is 6.26 Å². The molecule has 0 saturated carbocycles. The third-order valence-electron chi connectivity index (χ3n) is 4.17. The van der Waals surface area contributed by atoms with E-state index in [0.717, 1.165) is 18.8 Å². The second-order valence-electron chi connectivity index (χ2n) is 6.83. The first-order valence-corrected chi connectivity index (χ1v) is 8.06. The van der Waals surface area contributed by atoms with E-state index in [9.17, 15) is 4.79 Å². The summed E-state index contributed by atoms with van der Waals surface area (Å²) in [4.78, 5) is 14.4. The van der Waals surface area contributed by atoms with Gasteiger partial charge in [-0.3, -0.25) is 9.69 Å². The van der Waals surface area contributed by atoms with Crippen LogP contribution in [0.2, 0.25) is 0 Å². The van der Waals surface area contributed by atoms with Gasteiger partial charge >= 0.3 is 0 Å². The Labute approximate surface area is 133 Å². The summed E-state index contributed by atoms with van der Waals surface area (Å²) in [6, 6.07) is 3.74. The topological polar surface area (TPSA) is 54.7 Å². The smallest absolute Gasteiger partial charge is 0.220 e. The molecule has 0 aromatic carbocycles. The number of ether oxygens (including phenoxy) is 1. The van der Waals surface area contributed by atoms with Crippen LogP contribution in [0, 0.1) is 0 Å². The number of carbonyl (C=O) groups is 1. The maximum atomic E-state index is 12.0. The number of nitrogens with zero attached hydrogens (tertiary/aromatic N) is 1. The van der Waals surface area contributed by atoms with Crippen LogP contribution in [-0.4, -0.2) is 48.2 Å². The lowest BCUT2D eigenvalue weighted by molar-refractivity contribution is -0.123. The molecule has 0 radical (unpaired) electrons. The summed E-state index contributed by atoms with van der Waals surface area (Å²) >= 11 is 0. The van der Waals surface area contributed by atoms with Gasteiger partial charge < -0.3 is 14.5 Å². The van der Waals surface area contributed by atoms with E-state index in [0.29, 0.717) is 19.4 Å². The number of furan rings is 1. The van der Waals surface area contributed by atoms with E-state index >= 15 is 0 Å². The highest BCUT2D eigenvalue weighted by molar-refractivity contribution is 5.76. The second-order valence-corrected chi connectivity index (χ2v) is 6.83. The average molecular weight is 308 g/mol. The van der Waals surface area contributed by atoms with Gasteiger partial charge in [0.05, 0.1) is 18.5 Å². The average Bonchev–Trinajstić information content (AvgIpc) is 2.95. The van der Waals surface area contributed by atoms with Crippen LogP contribution in [0.25, 0.3) is 0 Å². The van der Waals surface area contributed by atoms with Crippen molar-refractivity contribution in [2.45, 2.75) is 58.3 Å². The van der Waals surface area contributed by atoms with Crippen LogP contribution in [0.4, 0.5) is 0 Å². The predicted molar refractivity (Wildman–Crippen MR) is 85.7 cm³/mol. The van der Waals surface area contributed by atoms with Crippen molar-refractivity contribution >= 4 is 5.91 Å². The van der Waals surface area contributed by atoms with Crippen molar-refractivity contribution in [2.24, 2.45) is 0 Å². The van der Waals surface area contributed by atoms with Crippen LogP contribution >= 0.6 is 0 Å². The third-order valence-corrected chi connectivity index (χ3v) is 4.17. The fraction of sp³-hybridized carbons (Fsp3) is 0.706. The van der Waals surface area contributed by atoms with Gasteiger partial charge in [-0.15, -0.1) is 0 Å². The van der Waals surface area contributed by atoms with E-state index in [2.05, 4.69) is 37.9 Å². The minimum absolute atomic E-state index is 0.0684. The fourth-order valence-corrected chi connectivity index (χ4v) is 2.88. The molecule has 1 aliphatic heterocycles. The molecule has 1 saturated heterocycles. The normalized spacial score (nSPS) is 23.5. The Bertz CT molecular complexity index is 460. The molecule has 1 fully saturated rings. The lowest BCUT2D eigenvalue weighted by Gasteiger charge is -2.45. The first-order chi connectivity index (χ1) is 10.4. The van der Waals surface area contributed by atoms with E-state index in [1.165, 1.54) is 0 Å². The summed E-state index contributed by atoms with van der Waals surface area (Å²) in [5.41, 5.74) is -0.0767. The van der Waals surface area contributed by atoms with E-state index < -0.39 is 0 Å².